The van der Waals surface area contributed by atoms with Crippen LogP contribution < -0.4 is 4.74 Å². The third-order valence-electron chi connectivity index (χ3n) is 5.52. The van der Waals surface area contributed by atoms with Gasteiger partial charge in [0.2, 0.25) is 5.91 Å². The Hall–Kier alpha value is -2.33. The molecule has 0 spiro atoms. The van der Waals surface area contributed by atoms with Gasteiger partial charge in [-0.25, -0.2) is 0 Å². The summed E-state index contributed by atoms with van der Waals surface area (Å²) >= 11 is 0. The van der Waals surface area contributed by atoms with Crippen molar-refractivity contribution < 1.29 is 14.6 Å². The number of benzene rings is 2. The number of amides is 1. The summed E-state index contributed by atoms with van der Waals surface area (Å²) in [4.78, 5) is 15.3. The third kappa shape index (κ3) is 2.81. The first-order valence-electron chi connectivity index (χ1n) is 8.84. The molecular formula is C21H23NO3. The molecule has 4 rings (SSSR count). The lowest BCUT2D eigenvalue weighted by Crippen LogP contribution is -2.39. The van der Waals surface area contributed by atoms with Crippen molar-refractivity contribution in [1.82, 2.24) is 4.90 Å². The maximum atomic E-state index is 13.4. The Balaban J connectivity index is 1.62. The predicted octanol–water partition coefficient (Wildman–Crippen LogP) is 3.19. The van der Waals surface area contributed by atoms with Crippen LogP contribution >= 0.6 is 0 Å². The molecule has 2 aromatic rings. The first-order valence-corrected chi connectivity index (χ1v) is 8.84. The molecular weight excluding hydrogens is 314 g/mol. The van der Waals surface area contributed by atoms with Gasteiger partial charge in [-0.15, -0.1) is 0 Å². The van der Waals surface area contributed by atoms with Crippen LogP contribution in [0.3, 0.4) is 0 Å². The Morgan fingerprint density at radius 3 is 2.76 bits per heavy atom. The zero-order valence-corrected chi connectivity index (χ0v) is 14.4. The fraction of sp³-hybridized carbons (Fsp3) is 0.381. The Kier molecular flexibility index (Phi) is 4.00. The minimum absolute atomic E-state index is 0.171. The summed E-state index contributed by atoms with van der Waals surface area (Å²) in [6, 6.07) is 15.7. The van der Waals surface area contributed by atoms with Gasteiger partial charge in [0, 0.05) is 13.1 Å². The molecule has 1 aliphatic heterocycles. The van der Waals surface area contributed by atoms with E-state index in [1.165, 1.54) is 0 Å². The average molecular weight is 337 g/mol. The van der Waals surface area contributed by atoms with Gasteiger partial charge in [-0.05, 0) is 48.1 Å². The van der Waals surface area contributed by atoms with E-state index < -0.39 is 11.5 Å². The molecule has 0 bridgehead atoms. The Bertz CT molecular complexity index is 797. The number of rotatable bonds is 3. The van der Waals surface area contributed by atoms with E-state index in [0.29, 0.717) is 19.5 Å². The molecule has 1 unspecified atom stereocenters. The Morgan fingerprint density at radius 2 is 2.00 bits per heavy atom. The largest absolute Gasteiger partial charge is 0.497 e. The van der Waals surface area contributed by atoms with E-state index in [2.05, 4.69) is 0 Å². The van der Waals surface area contributed by atoms with Crippen LogP contribution in [0.4, 0.5) is 0 Å². The highest BCUT2D eigenvalue weighted by atomic mass is 16.5. The highest BCUT2D eigenvalue weighted by Gasteiger charge is 2.53. The zero-order valence-electron chi connectivity index (χ0n) is 14.4. The van der Waals surface area contributed by atoms with Crippen molar-refractivity contribution in [2.75, 3.05) is 13.7 Å². The summed E-state index contributed by atoms with van der Waals surface area (Å²) < 4.78 is 5.33. The molecule has 2 aliphatic rings. The number of aliphatic hydroxyl groups is 1. The van der Waals surface area contributed by atoms with Crippen LogP contribution in [0.25, 0.3) is 0 Å². The lowest BCUT2D eigenvalue weighted by Gasteiger charge is -2.27. The number of aliphatic hydroxyl groups excluding tert-OH is 1. The molecule has 1 saturated carbocycles. The molecule has 1 aliphatic carbocycles. The normalized spacial score (nSPS) is 21.2. The molecule has 1 heterocycles. The second-order valence-corrected chi connectivity index (χ2v) is 7.04. The fourth-order valence-electron chi connectivity index (χ4n) is 3.87. The van der Waals surface area contributed by atoms with Crippen LogP contribution in [0.2, 0.25) is 0 Å². The number of methoxy groups -OCH3 is 1. The van der Waals surface area contributed by atoms with Crippen LogP contribution in [0.1, 0.15) is 42.1 Å². The van der Waals surface area contributed by atoms with Crippen molar-refractivity contribution in [3.8, 4) is 5.75 Å². The summed E-state index contributed by atoms with van der Waals surface area (Å²) in [5.74, 6) is 0.956. The van der Waals surface area contributed by atoms with E-state index in [1.54, 1.807) is 7.11 Å². The second-order valence-electron chi connectivity index (χ2n) is 7.04. The van der Waals surface area contributed by atoms with Gasteiger partial charge in [-0.2, -0.15) is 0 Å². The van der Waals surface area contributed by atoms with Crippen LogP contribution in [-0.2, 0) is 16.8 Å². The highest BCUT2D eigenvalue weighted by Crippen LogP contribution is 2.50. The number of carbonyl (C=O) groups is 1. The summed E-state index contributed by atoms with van der Waals surface area (Å²) in [6.07, 6.45) is 1.83. The quantitative estimate of drug-likeness (QED) is 0.936. The van der Waals surface area contributed by atoms with Gasteiger partial charge in [0.25, 0.3) is 0 Å². The molecule has 1 N–H and O–H groups in total. The van der Waals surface area contributed by atoms with Gasteiger partial charge in [-0.1, -0.05) is 36.4 Å². The van der Waals surface area contributed by atoms with Crippen LogP contribution in [-0.4, -0.2) is 29.6 Å². The summed E-state index contributed by atoms with van der Waals surface area (Å²) in [5.41, 5.74) is 2.61. The van der Waals surface area contributed by atoms with Crippen molar-refractivity contribution in [1.29, 1.82) is 0 Å². The number of ether oxygens (including phenoxy) is 1. The molecule has 1 amide bonds. The van der Waals surface area contributed by atoms with Crippen molar-refractivity contribution >= 4 is 5.91 Å². The Labute approximate surface area is 148 Å². The first kappa shape index (κ1) is 16.2. The number of nitrogens with zero attached hydrogens (tertiary/aromatic N) is 1. The minimum Gasteiger partial charge on any atom is -0.497 e. The Morgan fingerprint density at radius 1 is 1.20 bits per heavy atom. The molecule has 0 saturated heterocycles. The van der Waals surface area contributed by atoms with E-state index in [0.717, 1.165) is 35.3 Å². The van der Waals surface area contributed by atoms with Crippen LogP contribution in [0, 0.1) is 0 Å². The summed E-state index contributed by atoms with van der Waals surface area (Å²) in [7, 11) is 1.65. The maximum Gasteiger partial charge on any atom is 0.233 e. The first-order chi connectivity index (χ1) is 12.1. The van der Waals surface area contributed by atoms with Gasteiger partial charge in [0.05, 0.1) is 18.6 Å². The van der Waals surface area contributed by atoms with Gasteiger partial charge >= 0.3 is 0 Å². The van der Waals surface area contributed by atoms with Crippen molar-refractivity contribution in [2.24, 2.45) is 0 Å². The van der Waals surface area contributed by atoms with Crippen molar-refractivity contribution in [3.05, 3.63) is 65.2 Å². The molecule has 4 nitrogen and oxygen atoms in total. The lowest BCUT2D eigenvalue weighted by molar-refractivity contribution is -0.134. The SMILES string of the molecule is COc1cccc(C2(C(=O)N3CCC(O)c4ccccc4C3)CC2)c1. The molecule has 1 fully saturated rings. The maximum absolute atomic E-state index is 13.4. The van der Waals surface area contributed by atoms with Crippen LogP contribution in [0.5, 0.6) is 5.75 Å². The summed E-state index contributed by atoms with van der Waals surface area (Å²) in [6.45, 7) is 1.15. The van der Waals surface area contributed by atoms with Gasteiger partial charge in [-0.3, -0.25) is 4.79 Å². The molecule has 25 heavy (non-hydrogen) atoms. The minimum atomic E-state index is -0.499. The van der Waals surface area contributed by atoms with Gasteiger partial charge in [0.1, 0.15) is 5.75 Å². The standard InChI is InChI=1S/C21H23NO3/c1-25-17-7-4-6-16(13-17)21(10-11-21)20(24)22-12-9-19(23)18-8-3-2-5-15(18)14-22/h2-8,13,19,23H,9-12,14H2,1H3. The molecule has 0 radical (unpaired) electrons. The van der Waals surface area contributed by atoms with E-state index in [9.17, 15) is 9.90 Å². The monoisotopic (exact) mass is 337 g/mol. The molecule has 2 aromatic carbocycles. The summed E-state index contributed by atoms with van der Waals surface area (Å²) in [5, 5.41) is 10.4. The van der Waals surface area contributed by atoms with Crippen molar-refractivity contribution in [2.45, 2.75) is 37.3 Å². The number of fused-ring (bicyclic) bond motifs is 1. The van der Waals surface area contributed by atoms with Gasteiger partial charge in [0.15, 0.2) is 0 Å². The van der Waals surface area contributed by atoms with Gasteiger partial charge < -0.3 is 14.7 Å². The topological polar surface area (TPSA) is 49.8 Å². The molecule has 1 atom stereocenters. The van der Waals surface area contributed by atoms with Crippen molar-refractivity contribution in [3.63, 3.8) is 0 Å². The van der Waals surface area contributed by atoms with E-state index >= 15 is 0 Å². The predicted molar refractivity (Wildman–Crippen MR) is 95.3 cm³/mol. The second kappa shape index (κ2) is 6.19. The van der Waals surface area contributed by atoms with E-state index in [1.807, 2.05) is 53.4 Å². The van der Waals surface area contributed by atoms with E-state index in [4.69, 9.17) is 4.74 Å². The number of hydrogen-bond donors (Lipinski definition) is 1. The number of hydrogen-bond acceptors (Lipinski definition) is 3. The fourth-order valence-corrected chi connectivity index (χ4v) is 3.87. The highest BCUT2D eigenvalue weighted by molar-refractivity contribution is 5.91. The average Bonchev–Trinajstić information content (AvgIpc) is 3.47. The number of carbonyl (C=O) groups excluding carboxylic acids is 1. The lowest BCUT2D eigenvalue weighted by atomic mass is 9.93. The van der Waals surface area contributed by atoms with E-state index in [-0.39, 0.29) is 5.91 Å². The molecule has 0 aromatic heterocycles. The van der Waals surface area contributed by atoms with Crippen LogP contribution in [0.15, 0.2) is 48.5 Å². The zero-order chi connectivity index (χ0) is 17.4. The third-order valence-corrected chi connectivity index (χ3v) is 5.52. The molecule has 130 valence electrons. The smallest absolute Gasteiger partial charge is 0.233 e. The molecule has 4 heteroatoms.